The van der Waals surface area contributed by atoms with Crippen molar-refractivity contribution in [3.05, 3.63) is 35.6 Å². The summed E-state index contributed by atoms with van der Waals surface area (Å²) in [5, 5.41) is 11.8. The summed E-state index contributed by atoms with van der Waals surface area (Å²) < 4.78 is 13.9. The minimum Gasteiger partial charge on any atom is -0.479 e. The Kier molecular flexibility index (Phi) is 5.01. The number of nitrogens with one attached hydrogen (secondary N) is 1. The highest BCUT2D eigenvalue weighted by Crippen LogP contribution is 2.32. The molecule has 1 saturated heterocycles. The van der Waals surface area contributed by atoms with Gasteiger partial charge >= 0.3 is 5.97 Å². The number of hydrogen-bond donors (Lipinski definition) is 2. The van der Waals surface area contributed by atoms with E-state index >= 15 is 0 Å². The number of carbonyl (C=O) groups excluding carboxylic acids is 2. The van der Waals surface area contributed by atoms with Gasteiger partial charge in [-0.05, 0) is 31.7 Å². The molecule has 2 N–H and O–H groups in total. The monoisotopic (exact) mass is 348 g/mol. The zero-order valence-electron chi connectivity index (χ0n) is 13.8. The first-order valence-corrected chi connectivity index (χ1v) is 8.53. The minimum atomic E-state index is -1.42. The highest BCUT2D eigenvalue weighted by Gasteiger charge is 2.36. The summed E-state index contributed by atoms with van der Waals surface area (Å²) in [6, 6.07) is 4.10. The Morgan fingerprint density at radius 2 is 1.72 bits per heavy atom. The van der Waals surface area contributed by atoms with E-state index in [0.29, 0.717) is 25.9 Å². The van der Waals surface area contributed by atoms with Crippen LogP contribution in [0.5, 0.6) is 0 Å². The molecular formula is C18H21FN2O4. The normalized spacial score (nSPS) is 19.3. The van der Waals surface area contributed by atoms with E-state index in [9.17, 15) is 23.9 Å². The number of nitrogens with zero attached hydrogens (tertiary/aromatic N) is 1. The topological polar surface area (TPSA) is 86.7 Å². The number of rotatable bonds is 5. The second-order valence-corrected chi connectivity index (χ2v) is 6.68. The summed E-state index contributed by atoms with van der Waals surface area (Å²) in [6.07, 6.45) is 2.88. The maximum Gasteiger partial charge on any atom is 0.331 e. The van der Waals surface area contributed by atoms with Crippen LogP contribution in [0.25, 0.3) is 0 Å². The van der Waals surface area contributed by atoms with Crippen molar-refractivity contribution in [3.63, 3.8) is 0 Å². The predicted octanol–water partition coefficient (Wildman–Crippen LogP) is 1.72. The van der Waals surface area contributed by atoms with Gasteiger partial charge in [0, 0.05) is 30.5 Å². The quantitative estimate of drug-likeness (QED) is 0.848. The van der Waals surface area contributed by atoms with E-state index in [1.165, 1.54) is 24.3 Å². The van der Waals surface area contributed by atoms with Crippen molar-refractivity contribution in [2.24, 2.45) is 11.8 Å². The summed E-state index contributed by atoms with van der Waals surface area (Å²) in [4.78, 5) is 37.7. The van der Waals surface area contributed by atoms with Crippen LogP contribution in [-0.2, 0) is 14.4 Å². The first-order valence-electron chi connectivity index (χ1n) is 8.53. The number of carbonyl (C=O) groups is 3. The van der Waals surface area contributed by atoms with E-state index in [1.807, 2.05) is 0 Å². The fourth-order valence-corrected chi connectivity index (χ4v) is 3.19. The first-order chi connectivity index (χ1) is 12.0. The van der Waals surface area contributed by atoms with Gasteiger partial charge in [0.2, 0.25) is 11.8 Å². The zero-order valence-corrected chi connectivity index (χ0v) is 13.8. The third-order valence-corrected chi connectivity index (χ3v) is 4.85. The van der Waals surface area contributed by atoms with E-state index < -0.39 is 23.7 Å². The molecule has 0 radical (unpaired) electrons. The number of aliphatic carboxylic acids is 1. The van der Waals surface area contributed by atoms with E-state index in [1.54, 1.807) is 4.90 Å². The first kappa shape index (κ1) is 17.4. The summed E-state index contributed by atoms with van der Waals surface area (Å²) in [7, 11) is 0. The van der Waals surface area contributed by atoms with Crippen molar-refractivity contribution in [2.45, 2.75) is 31.7 Å². The molecule has 3 rings (SSSR count). The van der Waals surface area contributed by atoms with Gasteiger partial charge in [0.15, 0.2) is 6.04 Å². The van der Waals surface area contributed by atoms with Gasteiger partial charge in [0.1, 0.15) is 5.82 Å². The Bertz CT molecular complexity index is 681. The Morgan fingerprint density at radius 3 is 2.28 bits per heavy atom. The Labute approximate surface area is 145 Å². The largest absolute Gasteiger partial charge is 0.479 e. The zero-order chi connectivity index (χ0) is 18.0. The number of amides is 2. The molecule has 7 heteroatoms. The van der Waals surface area contributed by atoms with Crippen LogP contribution < -0.4 is 5.32 Å². The standard InChI is InChI=1S/C18H21FN2O4/c19-14-4-2-1-3-13(14)15(18(24)25)20-16(22)11-7-9-21(10-8-11)17(23)12-5-6-12/h1-4,11-12,15H,5-10H2,(H,20,22)(H,24,25)/t15-/m1/s1. The molecule has 6 nitrogen and oxygen atoms in total. The van der Waals surface area contributed by atoms with Gasteiger partial charge < -0.3 is 15.3 Å². The molecule has 1 aromatic rings. The summed E-state index contributed by atoms with van der Waals surface area (Å²) >= 11 is 0. The van der Waals surface area contributed by atoms with Crippen molar-refractivity contribution < 1.29 is 23.9 Å². The number of carboxylic acid groups (broad SMARTS) is 1. The summed E-state index contributed by atoms with van der Waals surface area (Å²) in [5.41, 5.74) is -0.0651. The average Bonchev–Trinajstić information content (AvgIpc) is 3.44. The van der Waals surface area contributed by atoms with Gasteiger partial charge in [-0.1, -0.05) is 18.2 Å². The van der Waals surface area contributed by atoms with Gasteiger partial charge in [-0.25, -0.2) is 9.18 Å². The van der Waals surface area contributed by atoms with Crippen molar-refractivity contribution in [1.29, 1.82) is 0 Å². The molecule has 2 aliphatic rings. The van der Waals surface area contributed by atoms with E-state index in [-0.39, 0.29) is 23.3 Å². The SMILES string of the molecule is O=C(N[C@@H](C(=O)O)c1ccccc1F)C1CCN(C(=O)C2CC2)CC1. The van der Waals surface area contributed by atoms with Crippen LogP contribution in [0.3, 0.4) is 0 Å². The summed E-state index contributed by atoms with van der Waals surface area (Å²) in [5.74, 6) is -2.43. The second kappa shape index (κ2) is 7.21. The lowest BCUT2D eigenvalue weighted by atomic mass is 9.94. The molecule has 1 heterocycles. The van der Waals surface area contributed by atoms with Gasteiger partial charge in [0.05, 0.1) is 0 Å². The maximum absolute atomic E-state index is 13.9. The molecule has 2 amide bonds. The second-order valence-electron chi connectivity index (χ2n) is 6.68. The fourth-order valence-electron chi connectivity index (χ4n) is 3.19. The van der Waals surface area contributed by atoms with Crippen LogP contribution >= 0.6 is 0 Å². The lowest BCUT2D eigenvalue weighted by Crippen LogP contribution is -2.45. The van der Waals surface area contributed by atoms with Crippen LogP contribution in [0.4, 0.5) is 4.39 Å². The third kappa shape index (κ3) is 3.97. The van der Waals surface area contributed by atoms with Gasteiger partial charge in [-0.3, -0.25) is 9.59 Å². The molecule has 1 atom stereocenters. The molecule has 25 heavy (non-hydrogen) atoms. The van der Waals surface area contributed by atoms with Crippen molar-refractivity contribution in [2.75, 3.05) is 13.1 Å². The van der Waals surface area contributed by atoms with Crippen LogP contribution in [0.2, 0.25) is 0 Å². The molecule has 134 valence electrons. The van der Waals surface area contributed by atoms with Crippen LogP contribution in [-0.4, -0.2) is 40.9 Å². The Balaban J connectivity index is 1.60. The van der Waals surface area contributed by atoms with Crippen molar-refractivity contribution >= 4 is 17.8 Å². The lowest BCUT2D eigenvalue weighted by molar-refractivity contribution is -0.143. The number of hydrogen-bond acceptors (Lipinski definition) is 3. The number of halogens is 1. The molecule has 1 aromatic carbocycles. The fraction of sp³-hybridized carbons (Fsp3) is 0.500. The molecule has 0 unspecified atom stereocenters. The Morgan fingerprint density at radius 1 is 1.08 bits per heavy atom. The van der Waals surface area contributed by atoms with Crippen molar-refractivity contribution in [3.8, 4) is 0 Å². The summed E-state index contributed by atoms with van der Waals surface area (Å²) in [6.45, 7) is 1.01. The van der Waals surface area contributed by atoms with Crippen molar-refractivity contribution in [1.82, 2.24) is 10.2 Å². The smallest absolute Gasteiger partial charge is 0.331 e. The molecule has 1 aliphatic heterocycles. The lowest BCUT2D eigenvalue weighted by Gasteiger charge is -2.32. The molecule has 1 saturated carbocycles. The highest BCUT2D eigenvalue weighted by molar-refractivity contribution is 5.86. The number of carboxylic acids is 1. The minimum absolute atomic E-state index is 0.0651. The number of piperidine rings is 1. The Hall–Kier alpha value is -2.44. The molecule has 0 bridgehead atoms. The van der Waals surface area contributed by atoms with E-state index in [4.69, 9.17) is 0 Å². The van der Waals surface area contributed by atoms with Crippen LogP contribution in [0.1, 0.15) is 37.3 Å². The van der Waals surface area contributed by atoms with Gasteiger partial charge in [-0.2, -0.15) is 0 Å². The predicted molar refractivity (Wildman–Crippen MR) is 86.9 cm³/mol. The highest BCUT2D eigenvalue weighted by atomic mass is 19.1. The third-order valence-electron chi connectivity index (χ3n) is 4.85. The maximum atomic E-state index is 13.9. The molecular weight excluding hydrogens is 327 g/mol. The number of likely N-dealkylation sites (tertiary alicyclic amines) is 1. The van der Waals surface area contributed by atoms with Gasteiger partial charge in [-0.15, -0.1) is 0 Å². The molecule has 0 spiro atoms. The molecule has 0 aromatic heterocycles. The number of benzene rings is 1. The average molecular weight is 348 g/mol. The van der Waals surface area contributed by atoms with E-state index in [0.717, 1.165) is 12.8 Å². The van der Waals surface area contributed by atoms with E-state index in [2.05, 4.69) is 5.32 Å². The van der Waals surface area contributed by atoms with Crippen LogP contribution in [0.15, 0.2) is 24.3 Å². The van der Waals surface area contributed by atoms with Gasteiger partial charge in [0.25, 0.3) is 0 Å². The van der Waals surface area contributed by atoms with Crippen LogP contribution in [0, 0.1) is 17.7 Å². The molecule has 2 fully saturated rings. The molecule has 1 aliphatic carbocycles.